The molecule has 0 aliphatic carbocycles. The first-order chi connectivity index (χ1) is 13.6. The van der Waals surface area contributed by atoms with Crippen molar-refractivity contribution in [3.05, 3.63) is 30.0 Å². The molecular formula is C22H31N5O. The van der Waals surface area contributed by atoms with Crippen LogP contribution in [0.5, 0.6) is 0 Å². The molecule has 0 bridgehead atoms. The molecule has 1 unspecified atom stereocenters. The molecule has 4 heterocycles. The van der Waals surface area contributed by atoms with E-state index in [2.05, 4.69) is 58.5 Å². The number of anilines is 1. The van der Waals surface area contributed by atoms with Gasteiger partial charge in [-0.25, -0.2) is 4.68 Å². The standard InChI is InChI=1S/C22H31N5O/c1-17-11-18(26-15-22(16-26)8-9-25(2)14-22)6-7-20(17)21-13-27(24-23-21)12-19-5-3-4-10-28-19/h6-7,11,13,19H,3-5,8-10,12,14-16H2,1-2H3. The molecule has 28 heavy (non-hydrogen) atoms. The van der Waals surface area contributed by atoms with Crippen LogP contribution in [-0.2, 0) is 11.3 Å². The number of likely N-dealkylation sites (tertiary alicyclic amines) is 1. The average Bonchev–Trinajstić information content (AvgIpc) is 3.28. The molecule has 0 amide bonds. The van der Waals surface area contributed by atoms with Crippen LogP contribution in [0.3, 0.4) is 0 Å². The summed E-state index contributed by atoms with van der Waals surface area (Å²) in [6.45, 7) is 8.72. The highest BCUT2D eigenvalue weighted by Crippen LogP contribution is 2.42. The third kappa shape index (κ3) is 3.44. The maximum atomic E-state index is 5.83. The lowest BCUT2D eigenvalue weighted by Gasteiger charge is -2.49. The Morgan fingerprint density at radius 1 is 1.21 bits per heavy atom. The zero-order valence-corrected chi connectivity index (χ0v) is 17.1. The van der Waals surface area contributed by atoms with Crippen LogP contribution in [-0.4, -0.2) is 65.8 Å². The zero-order chi connectivity index (χ0) is 19.1. The normalized spacial score (nSPS) is 24.6. The molecular weight excluding hydrogens is 350 g/mol. The lowest BCUT2D eigenvalue weighted by Crippen LogP contribution is -2.57. The van der Waals surface area contributed by atoms with Gasteiger partial charge in [-0.15, -0.1) is 5.10 Å². The van der Waals surface area contributed by atoms with Crippen LogP contribution in [0.15, 0.2) is 24.4 Å². The summed E-state index contributed by atoms with van der Waals surface area (Å²) in [5, 5.41) is 8.77. The number of rotatable bonds is 4. The lowest BCUT2D eigenvalue weighted by molar-refractivity contribution is 0.00370. The minimum atomic E-state index is 0.278. The van der Waals surface area contributed by atoms with Crippen LogP contribution >= 0.6 is 0 Å². The molecule has 6 nitrogen and oxygen atoms in total. The maximum Gasteiger partial charge on any atom is 0.113 e. The van der Waals surface area contributed by atoms with Gasteiger partial charge in [-0.1, -0.05) is 11.3 Å². The van der Waals surface area contributed by atoms with Crippen molar-refractivity contribution in [1.29, 1.82) is 0 Å². The van der Waals surface area contributed by atoms with E-state index in [-0.39, 0.29) is 6.10 Å². The highest BCUT2D eigenvalue weighted by atomic mass is 16.5. The van der Waals surface area contributed by atoms with E-state index < -0.39 is 0 Å². The summed E-state index contributed by atoms with van der Waals surface area (Å²) in [6, 6.07) is 6.77. The number of hydrogen-bond donors (Lipinski definition) is 0. The summed E-state index contributed by atoms with van der Waals surface area (Å²) in [4.78, 5) is 4.99. The Bertz CT molecular complexity index is 835. The first kappa shape index (κ1) is 18.1. The van der Waals surface area contributed by atoms with E-state index in [0.29, 0.717) is 5.41 Å². The average molecular weight is 382 g/mol. The van der Waals surface area contributed by atoms with Crippen molar-refractivity contribution < 1.29 is 4.74 Å². The molecule has 1 atom stereocenters. The summed E-state index contributed by atoms with van der Waals surface area (Å²) in [6.07, 6.45) is 7.23. The predicted octanol–water partition coefficient (Wildman–Crippen LogP) is 2.96. The highest BCUT2D eigenvalue weighted by molar-refractivity contribution is 5.67. The Morgan fingerprint density at radius 2 is 2.11 bits per heavy atom. The molecule has 3 saturated heterocycles. The van der Waals surface area contributed by atoms with Crippen LogP contribution in [0.2, 0.25) is 0 Å². The summed E-state index contributed by atoms with van der Waals surface area (Å²) in [5.74, 6) is 0. The second kappa shape index (κ2) is 7.16. The van der Waals surface area contributed by atoms with Crippen molar-refractivity contribution in [3.8, 4) is 11.3 Å². The molecule has 6 heteroatoms. The predicted molar refractivity (Wildman–Crippen MR) is 111 cm³/mol. The molecule has 150 valence electrons. The monoisotopic (exact) mass is 381 g/mol. The molecule has 5 rings (SSSR count). The van der Waals surface area contributed by atoms with Gasteiger partial charge in [0, 0.05) is 42.9 Å². The van der Waals surface area contributed by atoms with E-state index in [1.165, 1.54) is 62.3 Å². The number of hydrogen-bond acceptors (Lipinski definition) is 5. The fourth-order valence-electron chi connectivity index (χ4n) is 5.17. The van der Waals surface area contributed by atoms with E-state index in [9.17, 15) is 0 Å². The Kier molecular flexibility index (Phi) is 4.63. The molecule has 1 aromatic heterocycles. The van der Waals surface area contributed by atoms with Gasteiger partial charge in [0.15, 0.2) is 0 Å². The van der Waals surface area contributed by atoms with Gasteiger partial charge in [0.2, 0.25) is 0 Å². The molecule has 0 saturated carbocycles. The third-order valence-electron chi connectivity index (χ3n) is 6.74. The van der Waals surface area contributed by atoms with E-state index in [1.807, 2.05) is 4.68 Å². The van der Waals surface area contributed by atoms with Gasteiger partial charge >= 0.3 is 0 Å². The lowest BCUT2D eigenvalue weighted by atomic mass is 9.78. The summed E-state index contributed by atoms with van der Waals surface area (Å²) in [7, 11) is 2.24. The van der Waals surface area contributed by atoms with Crippen molar-refractivity contribution in [2.45, 2.75) is 45.3 Å². The number of aryl methyl sites for hydroxylation is 1. The fourth-order valence-corrected chi connectivity index (χ4v) is 5.17. The van der Waals surface area contributed by atoms with Crippen molar-refractivity contribution in [2.24, 2.45) is 5.41 Å². The Hall–Kier alpha value is -1.92. The summed E-state index contributed by atoms with van der Waals surface area (Å²) >= 11 is 0. The molecule has 3 fully saturated rings. The van der Waals surface area contributed by atoms with Gasteiger partial charge in [0.25, 0.3) is 0 Å². The molecule has 0 radical (unpaired) electrons. The Morgan fingerprint density at radius 3 is 2.82 bits per heavy atom. The van der Waals surface area contributed by atoms with Gasteiger partial charge in [-0.3, -0.25) is 0 Å². The molecule has 0 N–H and O–H groups in total. The van der Waals surface area contributed by atoms with Gasteiger partial charge in [-0.05, 0) is 63.9 Å². The Labute approximate surface area is 167 Å². The van der Waals surface area contributed by atoms with Gasteiger partial charge in [0.1, 0.15) is 5.69 Å². The topological polar surface area (TPSA) is 46.4 Å². The smallest absolute Gasteiger partial charge is 0.113 e. The molecule has 1 spiro atoms. The first-order valence-corrected chi connectivity index (χ1v) is 10.7. The van der Waals surface area contributed by atoms with Crippen molar-refractivity contribution in [1.82, 2.24) is 19.9 Å². The molecule has 3 aliphatic heterocycles. The summed E-state index contributed by atoms with van der Waals surface area (Å²) < 4.78 is 7.77. The number of benzene rings is 1. The van der Waals surface area contributed by atoms with Crippen LogP contribution in [0.1, 0.15) is 31.2 Å². The van der Waals surface area contributed by atoms with Crippen LogP contribution in [0.25, 0.3) is 11.3 Å². The Balaban J connectivity index is 1.25. The number of ether oxygens (including phenoxy) is 1. The second-order valence-corrected chi connectivity index (χ2v) is 9.16. The van der Waals surface area contributed by atoms with Crippen molar-refractivity contribution in [2.75, 3.05) is 44.7 Å². The van der Waals surface area contributed by atoms with Gasteiger partial charge < -0.3 is 14.5 Å². The summed E-state index contributed by atoms with van der Waals surface area (Å²) in [5.41, 5.74) is 5.27. The SMILES string of the molecule is Cc1cc(N2CC3(CCN(C)C3)C2)ccc1-c1cn(CC2CCCCO2)nn1. The zero-order valence-electron chi connectivity index (χ0n) is 17.1. The quantitative estimate of drug-likeness (QED) is 0.815. The minimum absolute atomic E-state index is 0.278. The van der Waals surface area contributed by atoms with E-state index >= 15 is 0 Å². The number of aromatic nitrogens is 3. The van der Waals surface area contributed by atoms with Crippen LogP contribution < -0.4 is 4.90 Å². The van der Waals surface area contributed by atoms with E-state index in [1.54, 1.807) is 0 Å². The molecule has 2 aromatic rings. The van der Waals surface area contributed by atoms with Crippen LogP contribution in [0, 0.1) is 12.3 Å². The fraction of sp³-hybridized carbons (Fsp3) is 0.636. The third-order valence-corrected chi connectivity index (χ3v) is 6.74. The van der Waals surface area contributed by atoms with Crippen LogP contribution in [0.4, 0.5) is 5.69 Å². The van der Waals surface area contributed by atoms with Crippen molar-refractivity contribution in [3.63, 3.8) is 0 Å². The second-order valence-electron chi connectivity index (χ2n) is 9.16. The largest absolute Gasteiger partial charge is 0.376 e. The first-order valence-electron chi connectivity index (χ1n) is 10.7. The molecule has 1 aromatic carbocycles. The van der Waals surface area contributed by atoms with E-state index in [0.717, 1.165) is 25.3 Å². The van der Waals surface area contributed by atoms with E-state index in [4.69, 9.17) is 4.74 Å². The van der Waals surface area contributed by atoms with Crippen molar-refractivity contribution >= 4 is 5.69 Å². The number of nitrogens with zero attached hydrogens (tertiary/aromatic N) is 5. The maximum absolute atomic E-state index is 5.83. The van der Waals surface area contributed by atoms with Gasteiger partial charge in [-0.2, -0.15) is 0 Å². The minimum Gasteiger partial charge on any atom is -0.376 e. The van der Waals surface area contributed by atoms with Gasteiger partial charge in [0.05, 0.1) is 18.8 Å². The highest BCUT2D eigenvalue weighted by Gasteiger charge is 2.46. The molecule has 3 aliphatic rings.